The monoisotopic (exact) mass is 281 g/mol. The summed E-state index contributed by atoms with van der Waals surface area (Å²) in [7, 11) is 0. The molecular weight excluding hydrogens is 262 g/mol. The zero-order valence-electron chi connectivity index (χ0n) is 10.9. The molecule has 0 unspecified atom stereocenters. The van der Waals surface area contributed by atoms with Gasteiger partial charge in [0.15, 0.2) is 0 Å². The Morgan fingerprint density at radius 2 is 1.74 bits per heavy atom. The second kappa shape index (κ2) is 6.26. The highest BCUT2D eigenvalue weighted by molar-refractivity contribution is 5.94. The highest BCUT2D eigenvalue weighted by Crippen LogP contribution is 2.23. The van der Waals surface area contributed by atoms with E-state index in [-0.39, 0.29) is 18.4 Å². The van der Waals surface area contributed by atoms with E-state index in [1.165, 1.54) is 0 Å². The number of piperidine rings is 1. The van der Waals surface area contributed by atoms with Gasteiger partial charge in [0.05, 0.1) is 0 Å². The van der Waals surface area contributed by atoms with Crippen molar-refractivity contribution in [2.75, 3.05) is 31.1 Å². The summed E-state index contributed by atoms with van der Waals surface area (Å²) < 4.78 is 0. The molecule has 2 saturated heterocycles. The van der Waals surface area contributed by atoms with Gasteiger partial charge >= 0.3 is 6.03 Å². The molecule has 5 heteroatoms. The number of hydrogen-bond acceptors (Lipinski definition) is 2. The summed E-state index contributed by atoms with van der Waals surface area (Å²) in [6.45, 7) is 3.73. The SMILES string of the molecule is Cl.O=C1N(c2ccccc2)CCN1C1CCNCC1. The van der Waals surface area contributed by atoms with Crippen LogP contribution in [0.15, 0.2) is 30.3 Å². The maximum absolute atomic E-state index is 12.4. The summed E-state index contributed by atoms with van der Waals surface area (Å²) in [6, 6.07) is 10.6. The molecule has 104 valence electrons. The molecule has 0 aromatic heterocycles. The second-order valence-electron chi connectivity index (χ2n) is 4.94. The van der Waals surface area contributed by atoms with Crippen molar-refractivity contribution in [3.63, 3.8) is 0 Å². The van der Waals surface area contributed by atoms with Gasteiger partial charge in [-0.15, -0.1) is 12.4 Å². The number of carbonyl (C=O) groups is 1. The normalized spacial score (nSPS) is 20.5. The van der Waals surface area contributed by atoms with Crippen LogP contribution in [0.5, 0.6) is 0 Å². The zero-order chi connectivity index (χ0) is 12.4. The molecule has 1 aromatic rings. The van der Waals surface area contributed by atoms with Gasteiger partial charge in [0, 0.05) is 24.8 Å². The van der Waals surface area contributed by atoms with Crippen LogP contribution in [0.4, 0.5) is 10.5 Å². The van der Waals surface area contributed by atoms with Gasteiger partial charge in [-0.25, -0.2) is 4.79 Å². The minimum absolute atomic E-state index is 0. The number of hydrogen-bond donors (Lipinski definition) is 1. The van der Waals surface area contributed by atoms with Gasteiger partial charge in [0.2, 0.25) is 0 Å². The van der Waals surface area contributed by atoms with Crippen LogP contribution in [0.3, 0.4) is 0 Å². The van der Waals surface area contributed by atoms with Gasteiger partial charge in [-0.05, 0) is 38.1 Å². The number of urea groups is 1. The highest BCUT2D eigenvalue weighted by atomic mass is 35.5. The first-order valence-corrected chi connectivity index (χ1v) is 6.70. The van der Waals surface area contributed by atoms with Crippen LogP contribution in [-0.2, 0) is 0 Å². The van der Waals surface area contributed by atoms with E-state index < -0.39 is 0 Å². The van der Waals surface area contributed by atoms with Crippen molar-refractivity contribution in [2.24, 2.45) is 0 Å². The van der Waals surface area contributed by atoms with Gasteiger partial charge in [0.1, 0.15) is 0 Å². The van der Waals surface area contributed by atoms with E-state index in [1.54, 1.807) is 0 Å². The first kappa shape index (κ1) is 14.2. The molecule has 3 rings (SSSR count). The Morgan fingerprint density at radius 3 is 2.42 bits per heavy atom. The number of carbonyl (C=O) groups excluding carboxylic acids is 1. The Labute approximate surface area is 120 Å². The molecule has 0 saturated carbocycles. The average molecular weight is 282 g/mol. The molecule has 2 amide bonds. The number of anilines is 1. The van der Waals surface area contributed by atoms with Crippen LogP contribution < -0.4 is 10.2 Å². The van der Waals surface area contributed by atoms with E-state index in [9.17, 15) is 4.79 Å². The van der Waals surface area contributed by atoms with Gasteiger partial charge in [0.25, 0.3) is 0 Å². The van der Waals surface area contributed by atoms with Crippen LogP contribution in [0.2, 0.25) is 0 Å². The Balaban J connectivity index is 0.00000133. The number of nitrogens with one attached hydrogen (secondary N) is 1. The average Bonchev–Trinajstić information content (AvgIpc) is 2.83. The summed E-state index contributed by atoms with van der Waals surface area (Å²) in [5.74, 6) is 0. The molecule has 2 aliphatic rings. The van der Waals surface area contributed by atoms with E-state index in [4.69, 9.17) is 0 Å². The first-order valence-electron chi connectivity index (χ1n) is 6.70. The lowest BCUT2D eigenvalue weighted by Gasteiger charge is -2.31. The van der Waals surface area contributed by atoms with Crippen molar-refractivity contribution in [3.05, 3.63) is 30.3 Å². The molecule has 2 aliphatic heterocycles. The van der Waals surface area contributed by atoms with Crippen molar-refractivity contribution in [1.29, 1.82) is 0 Å². The predicted octanol–water partition coefficient (Wildman–Crippen LogP) is 2.10. The smallest absolute Gasteiger partial charge is 0.319 e. The molecule has 2 heterocycles. The van der Waals surface area contributed by atoms with Crippen LogP contribution >= 0.6 is 12.4 Å². The van der Waals surface area contributed by atoms with Gasteiger partial charge < -0.3 is 10.2 Å². The summed E-state index contributed by atoms with van der Waals surface area (Å²) in [4.78, 5) is 16.4. The number of benzene rings is 1. The van der Waals surface area contributed by atoms with Crippen LogP contribution in [-0.4, -0.2) is 43.2 Å². The quantitative estimate of drug-likeness (QED) is 0.901. The second-order valence-corrected chi connectivity index (χ2v) is 4.94. The summed E-state index contributed by atoms with van der Waals surface area (Å²) in [5.41, 5.74) is 1.01. The fraction of sp³-hybridized carbons (Fsp3) is 0.500. The molecule has 0 radical (unpaired) electrons. The van der Waals surface area contributed by atoms with Crippen molar-refractivity contribution >= 4 is 24.1 Å². The highest BCUT2D eigenvalue weighted by Gasteiger charge is 2.34. The lowest BCUT2D eigenvalue weighted by Crippen LogP contribution is -2.45. The number of rotatable bonds is 2. The Bertz CT molecular complexity index is 420. The van der Waals surface area contributed by atoms with E-state index in [2.05, 4.69) is 5.32 Å². The molecule has 0 spiro atoms. The Hall–Kier alpha value is -1.26. The third kappa shape index (κ3) is 2.85. The summed E-state index contributed by atoms with van der Waals surface area (Å²) in [6.07, 6.45) is 2.16. The van der Waals surface area contributed by atoms with Crippen molar-refractivity contribution < 1.29 is 4.79 Å². The van der Waals surface area contributed by atoms with Gasteiger partial charge in [-0.3, -0.25) is 4.90 Å². The van der Waals surface area contributed by atoms with E-state index >= 15 is 0 Å². The lowest BCUT2D eigenvalue weighted by molar-refractivity contribution is 0.185. The summed E-state index contributed by atoms with van der Waals surface area (Å²) in [5, 5.41) is 3.34. The molecule has 19 heavy (non-hydrogen) atoms. The van der Waals surface area contributed by atoms with Crippen molar-refractivity contribution in [2.45, 2.75) is 18.9 Å². The number of para-hydroxylation sites is 1. The topological polar surface area (TPSA) is 35.6 Å². The van der Waals surface area contributed by atoms with Crippen LogP contribution in [0, 0.1) is 0 Å². The minimum atomic E-state index is 0. The molecule has 0 atom stereocenters. The Morgan fingerprint density at radius 1 is 1.05 bits per heavy atom. The fourth-order valence-electron chi connectivity index (χ4n) is 2.86. The number of halogens is 1. The minimum Gasteiger partial charge on any atom is -0.319 e. The lowest BCUT2D eigenvalue weighted by atomic mass is 10.1. The maximum atomic E-state index is 12.4. The van der Waals surface area contributed by atoms with E-state index in [0.717, 1.165) is 44.7 Å². The van der Waals surface area contributed by atoms with Crippen molar-refractivity contribution in [3.8, 4) is 0 Å². The fourth-order valence-corrected chi connectivity index (χ4v) is 2.86. The summed E-state index contributed by atoms with van der Waals surface area (Å²) >= 11 is 0. The third-order valence-electron chi connectivity index (χ3n) is 3.86. The standard InChI is InChI=1S/C14H19N3O.ClH/c18-14-16(12-4-2-1-3-5-12)10-11-17(14)13-6-8-15-9-7-13;/h1-5,13,15H,6-11H2;1H. The number of amides is 2. The van der Waals surface area contributed by atoms with Crippen LogP contribution in [0.1, 0.15) is 12.8 Å². The Kier molecular flexibility index (Phi) is 4.66. The third-order valence-corrected chi connectivity index (χ3v) is 3.86. The zero-order valence-corrected chi connectivity index (χ0v) is 11.7. The molecule has 0 bridgehead atoms. The molecular formula is C14H20ClN3O. The van der Waals surface area contributed by atoms with E-state index in [1.807, 2.05) is 40.1 Å². The van der Waals surface area contributed by atoms with Gasteiger partial charge in [-0.1, -0.05) is 18.2 Å². The predicted molar refractivity (Wildman–Crippen MR) is 79.0 cm³/mol. The molecule has 1 aromatic carbocycles. The molecule has 2 fully saturated rings. The van der Waals surface area contributed by atoms with Crippen molar-refractivity contribution in [1.82, 2.24) is 10.2 Å². The maximum Gasteiger partial charge on any atom is 0.324 e. The van der Waals surface area contributed by atoms with Gasteiger partial charge in [-0.2, -0.15) is 0 Å². The van der Waals surface area contributed by atoms with Crippen LogP contribution in [0.25, 0.3) is 0 Å². The van der Waals surface area contributed by atoms with E-state index in [0.29, 0.717) is 6.04 Å². The molecule has 0 aliphatic carbocycles. The first-order chi connectivity index (χ1) is 8.86. The number of nitrogens with zero attached hydrogens (tertiary/aromatic N) is 2. The molecule has 4 nitrogen and oxygen atoms in total. The largest absolute Gasteiger partial charge is 0.324 e. The molecule has 1 N–H and O–H groups in total.